The van der Waals surface area contributed by atoms with Crippen molar-refractivity contribution in [1.82, 2.24) is 67.6 Å². The molecular weight excluding hydrogens is 1430 g/mol. The third-order valence-electron chi connectivity index (χ3n) is 17.3. The summed E-state index contributed by atoms with van der Waals surface area (Å²) in [7, 11) is 2.03. The van der Waals surface area contributed by atoms with Crippen molar-refractivity contribution in [3.63, 3.8) is 0 Å². The van der Waals surface area contributed by atoms with Gasteiger partial charge < -0.3 is 13.4 Å². The minimum Gasteiger partial charge on any atom is -0.331 e. The molecule has 117 heavy (non-hydrogen) atoms. The largest absolute Gasteiger partial charge is 0.331 e. The van der Waals surface area contributed by atoms with Crippen LogP contribution < -0.4 is 0 Å². The molecule has 0 aliphatic heterocycles. The lowest BCUT2D eigenvalue weighted by atomic mass is 10.1. The molecule has 12 heterocycles. The van der Waals surface area contributed by atoms with Crippen LogP contribution in [0.4, 0.5) is 0 Å². The Morgan fingerprint density at radius 3 is 1.19 bits per heavy atom. The van der Waals surface area contributed by atoms with Gasteiger partial charge in [0.05, 0.1) is 44.7 Å². The van der Waals surface area contributed by atoms with Crippen molar-refractivity contribution < 1.29 is 0 Å². The van der Waals surface area contributed by atoms with Gasteiger partial charge in [0.15, 0.2) is 0 Å². The molecule has 14 nitrogen and oxygen atoms in total. The van der Waals surface area contributed by atoms with Crippen molar-refractivity contribution in [2.75, 3.05) is 0 Å². The van der Waals surface area contributed by atoms with Crippen LogP contribution in [0, 0.1) is 83.1 Å². The maximum Gasteiger partial charge on any atom is 0.234 e. The highest BCUT2D eigenvalue weighted by Gasteiger charge is 2.06. The normalized spacial score (nSPS) is 9.32. The van der Waals surface area contributed by atoms with E-state index in [1.54, 1.807) is 6.20 Å². The molecule has 12 aromatic heterocycles. The molecule has 0 amide bonds. The third kappa shape index (κ3) is 31.5. The summed E-state index contributed by atoms with van der Waals surface area (Å²) in [5, 5.41) is 8.72. The first-order valence-corrected chi connectivity index (χ1v) is 42.0. The van der Waals surface area contributed by atoms with Gasteiger partial charge in [-0.25, -0.2) is 24.9 Å². The molecule has 0 unspecified atom stereocenters. The SMILES string of the molecule is CC.CC.CC.CC.CC.CC.CC.CC.CC.Cc1cccc2cccnc12.Cc1cccc2ccncc12.Cc1cccc2cnccc12.Cc1cccc2ncccc12.Cc1ccnc2ccccc12.Cc1nc2ccccc2n1C.Cc1nc2ccccn2c1C.Cc1nc2ccccn2c1C.Cc1nc2ncccn2c1C. The molecular formula is C103H138N14. The molecule has 18 rings (SSSR count). The van der Waals surface area contributed by atoms with Gasteiger partial charge in [-0.15, -0.1) is 0 Å². The highest BCUT2D eigenvalue weighted by Crippen LogP contribution is 2.20. The number of aryl methyl sites for hydroxylation is 13. The first-order chi connectivity index (χ1) is 57.0. The number of para-hydroxylation sites is 4. The van der Waals surface area contributed by atoms with E-state index in [-0.39, 0.29) is 0 Å². The van der Waals surface area contributed by atoms with Crippen molar-refractivity contribution >= 4 is 82.4 Å². The van der Waals surface area contributed by atoms with Gasteiger partial charge >= 0.3 is 0 Å². The molecule has 0 bridgehead atoms. The zero-order valence-electron chi connectivity index (χ0n) is 76.7. The summed E-state index contributed by atoms with van der Waals surface area (Å²) in [5.41, 5.74) is 20.9. The molecule has 0 fully saturated rings. The Labute approximate surface area is 702 Å². The lowest BCUT2D eigenvalue weighted by Gasteiger charge is -1.98. The summed E-state index contributed by atoms with van der Waals surface area (Å²) in [4.78, 5) is 42.4. The zero-order valence-corrected chi connectivity index (χ0v) is 76.7. The van der Waals surface area contributed by atoms with Crippen LogP contribution in [0.2, 0.25) is 0 Å². The van der Waals surface area contributed by atoms with Gasteiger partial charge in [-0.1, -0.05) is 246 Å². The van der Waals surface area contributed by atoms with E-state index < -0.39 is 0 Å². The fraction of sp³-hybridized carbons (Fsp3) is 0.301. The zero-order chi connectivity index (χ0) is 87.8. The van der Waals surface area contributed by atoms with Crippen LogP contribution in [-0.2, 0) is 7.05 Å². The van der Waals surface area contributed by atoms with Gasteiger partial charge in [0.2, 0.25) is 5.78 Å². The van der Waals surface area contributed by atoms with E-state index in [2.05, 4.69) is 197 Å². The van der Waals surface area contributed by atoms with Crippen molar-refractivity contribution in [2.24, 2.45) is 7.05 Å². The lowest BCUT2D eigenvalue weighted by Crippen LogP contribution is -1.89. The van der Waals surface area contributed by atoms with Crippen LogP contribution in [0.1, 0.15) is 192 Å². The predicted molar refractivity (Wildman–Crippen MR) is 512 cm³/mol. The van der Waals surface area contributed by atoms with Crippen LogP contribution in [-0.4, -0.2) is 67.6 Å². The van der Waals surface area contributed by atoms with Crippen LogP contribution in [0.15, 0.2) is 274 Å². The average molecular weight is 1570 g/mol. The number of benzene rings is 6. The van der Waals surface area contributed by atoms with Gasteiger partial charge in [0, 0.05) is 119 Å². The fourth-order valence-electron chi connectivity index (χ4n) is 11.2. The first kappa shape index (κ1) is 103. The summed E-state index contributed by atoms with van der Waals surface area (Å²) in [5.74, 6) is 1.84. The maximum absolute atomic E-state index is 4.38. The highest BCUT2D eigenvalue weighted by atomic mass is 15.1. The summed E-state index contributed by atoms with van der Waals surface area (Å²) in [6.07, 6.45) is 20.7. The standard InChI is InChI=1S/5C10H9N.3C9H10N2.C8H9N3.9C2H6/c1-8-4-2-6-10-9(8)5-3-7-11-10;1-8-4-2-5-9-6-3-7-11-10(8)9;1-8-3-2-4-9-7-11-6-5-10(8)9;1-8-3-2-4-9-5-6-11-7-10(8)9;1-8-6-7-11-10-5-3-2-4-9(8)10;1-7-10-8-5-3-4-6-9(8)11(7)2;2*1-7-8(2)11-6-4-3-5-9(11)10-7;1-6-7(2)11-5-3-4-9-8(11)10-6;9*1-2/h5*2-7H,1H3;3*3-6H,1-2H3;3-5H,1-2H3;9*1-2H3. The number of hydrogen-bond acceptors (Lipinski definition) is 10. The van der Waals surface area contributed by atoms with Crippen molar-refractivity contribution in [1.29, 1.82) is 0 Å². The van der Waals surface area contributed by atoms with E-state index in [1.807, 2.05) is 354 Å². The van der Waals surface area contributed by atoms with E-state index in [4.69, 9.17) is 0 Å². The van der Waals surface area contributed by atoms with Crippen LogP contribution in [0.3, 0.4) is 0 Å². The third-order valence-corrected chi connectivity index (χ3v) is 17.3. The topological polar surface area (TPSA) is 147 Å². The number of pyridine rings is 7. The van der Waals surface area contributed by atoms with Crippen molar-refractivity contribution in [3.8, 4) is 0 Å². The smallest absolute Gasteiger partial charge is 0.234 e. The van der Waals surface area contributed by atoms with E-state index in [0.29, 0.717) is 0 Å². The number of fused-ring (bicyclic) bond motifs is 9. The van der Waals surface area contributed by atoms with Gasteiger partial charge in [0.1, 0.15) is 17.1 Å². The van der Waals surface area contributed by atoms with Gasteiger partial charge in [-0.3, -0.25) is 29.3 Å². The molecule has 0 atom stereocenters. The quantitative estimate of drug-likeness (QED) is 0.144. The Bertz CT molecular complexity index is 4880. The molecule has 0 saturated carbocycles. The number of rotatable bonds is 0. The molecule has 14 heteroatoms. The molecule has 0 N–H and O–H groups in total. The monoisotopic (exact) mass is 1570 g/mol. The number of aromatic nitrogens is 14. The number of nitrogens with zero attached hydrogens (tertiary/aromatic N) is 14. The molecule has 0 radical (unpaired) electrons. The molecule has 0 aliphatic rings. The number of hydrogen-bond donors (Lipinski definition) is 0. The Kier molecular flexibility index (Phi) is 52.3. The highest BCUT2D eigenvalue weighted by molar-refractivity contribution is 5.86. The number of imidazole rings is 4. The maximum atomic E-state index is 4.38. The summed E-state index contributed by atoms with van der Waals surface area (Å²) >= 11 is 0. The van der Waals surface area contributed by atoms with Gasteiger partial charge in [0.25, 0.3) is 0 Å². The summed E-state index contributed by atoms with van der Waals surface area (Å²) in [6.45, 7) is 60.8. The Balaban J connectivity index is 0.000000642. The second kappa shape index (κ2) is 59.5. The van der Waals surface area contributed by atoms with E-state index in [1.165, 1.54) is 82.4 Å². The first-order valence-electron chi connectivity index (χ1n) is 42.0. The molecule has 620 valence electrons. The van der Waals surface area contributed by atoms with Gasteiger partial charge in [-0.05, 0) is 207 Å². The second-order valence-corrected chi connectivity index (χ2v) is 24.0. The van der Waals surface area contributed by atoms with Crippen LogP contribution in [0.25, 0.3) is 82.4 Å². The molecule has 0 saturated heterocycles. The molecule has 0 aliphatic carbocycles. The van der Waals surface area contributed by atoms with Crippen LogP contribution in [0.5, 0.6) is 0 Å². The fourth-order valence-corrected chi connectivity index (χ4v) is 11.2. The summed E-state index contributed by atoms with van der Waals surface area (Å²) < 4.78 is 8.26. The Hall–Kier alpha value is -12.2. The minimum absolute atomic E-state index is 0.780. The van der Waals surface area contributed by atoms with Crippen molar-refractivity contribution in [2.45, 2.75) is 208 Å². The Morgan fingerprint density at radius 2 is 0.650 bits per heavy atom. The average Bonchev–Trinajstić information content (AvgIpc) is 1.74. The molecule has 18 aromatic rings. The summed E-state index contributed by atoms with van der Waals surface area (Å²) in [6, 6.07) is 69.4. The molecule has 0 spiro atoms. The predicted octanol–water partition coefficient (Wildman–Crippen LogP) is 29.1. The van der Waals surface area contributed by atoms with E-state index in [9.17, 15) is 0 Å². The van der Waals surface area contributed by atoms with Gasteiger partial charge in [-0.2, -0.15) is 0 Å². The second-order valence-electron chi connectivity index (χ2n) is 24.0. The van der Waals surface area contributed by atoms with Crippen LogP contribution >= 0.6 is 0 Å². The molecule has 6 aromatic carbocycles. The van der Waals surface area contributed by atoms with E-state index in [0.717, 1.165) is 67.7 Å². The lowest BCUT2D eigenvalue weighted by molar-refractivity contribution is 0.886. The minimum atomic E-state index is 0.780. The van der Waals surface area contributed by atoms with Crippen molar-refractivity contribution in [3.05, 3.63) is 342 Å². The Morgan fingerprint density at radius 1 is 0.248 bits per heavy atom. The van der Waals surface area contributed by atoms with E-state index >= 15 is 0 Å².